The second kappa shape index (κ2) is 6.91. The highest BCUT2D eigenvalue weighted by Gasteiger charge is 2.10. The molecule has 0 rings (SSSR count). The van der Waals surface area contributed by atoms with Crippen LogP contribution in [0.25, 0.3) is 0 Å². The van der Waals surface area contributed by atoms with E-state index in [-0.39, 0.29) is 0 Å². The average Bonchev–Trinajstić information content (AvgIpc) is 1.87. The smallest absolute Gasteiger partial charge is 0.273 e. The molecular weight excluding hydrogens is 277 g/mol. The molecule has 0 bridgehead atoms. The molecule has 0 N–H and O–H groups in total. The van der Waals surface area contributed by atoms with Crippen molar-refractivity contribution in [2.45, 2.75) is 0 Å². The van der Waals surface area contributed by atoms with Gasteiger partial charge >= 0.3 is 0 Å². The van der Waals surface area contributed by atoms with Crippen molar-refractivity contribution in [3.8, 4) is 0 Å². The molecule has 0 aromatic carbocycles. The van der Waals surface area contributed by atoms with E-state index >= 15 is 0 Å². The molecule has 0 amide bonds. The predicted molar refractivity (Wildman–Crippen MR) is 51.0 cm³/mol. The standard InChI is InChI=1S/C4H4B2Br2O3/c7-1-5-3(9)11-4(10)6-2-8/h1-2H2. The monoisotopic (exact) mass is 280 g/mol. The lowest BCUT2D eigenvalue weighted by molar-refractivity contribution is 0.184. The predicted octanol–water partition coefficient (Wildman–Crippen LogP) is 1.36. The Balaban J connectivity index is 3.49. The minimum atomic E-state index is -0.635. The molecule has 0 aliphatic carbocycles. The van der Waals surface area contributed by atoms with Gasteiger partial charge in [0, 0.05) is 0 Å². The number of carbonyl (C=O) groups is 2. The van der Waals surface area contributed by atoms with Crippen molar-refractivity contribution in [1.29, 1.82) is 0 Å². The molecule has 0 fully saturated rings. The van der Waals surface area contributed by atoms with Crippen LogP contribution in [-0.2, 0) is 4.74 Å². The van der Waals surface area contributed by atoms with Crippen LogP contribution in [0.4, 0.5) is 9.59 Å². The second-order valence-electron chi connectivity index (χ2n) is 1.46. The first-order valence-electron chi connectivity index (χ1n) is 2.74. The molecule has 11 heavy (non-hydrogen) atoms. The van der Waals surface area contributed by atoms with Crippen LogP contribution < -0.4 is 0 Å². The fourth-order valence-electron chi connectivity index (χ4n) is 0.308. The second-order valence-corrected chi connectivity index (χ2v) is 2.75. The molecule has 3 nitrogen and oxygen atoms in total. The first kappa shape index (κ1) is 11.2. The van der Waals surface area contributed by atoms with Gasteiger partial charge < -0.3 is 4.74 Å². The number of hydrogen-bond donors (Lipinski definition) is 0. The molecule has 7 heteroatoms. The first-order chi connectivity index (χ1) is 5.20. The summed E-state index contributed by atoms with van der Waals surface area (Å²) in [5, 5.41) is 0.765. The highest BCUT2D eigenvalue weighted by Crippen LogP contribution is 1.87. The lowest BCUT2D eigenvalue weighted by Gasteiger charge is -1.97. The van der Waals surface area contributed by atoms with Gasteiger partial charge in [-0.2, -0.15) is 0 Å². The summed E-state index contributed by atoms with van der Waals surface area (Å²) in [4.78, 5) is 21.1. The zero-order valence-electron chi connectivity index (χ0n) is 5.55. The Morgan fingerprint density at radius 2 is 1.45 bits per heavy atom. The SMILES string of the molecule is O=C([B]CBr)OC(=O)[B]CBr. The summed E-state index contributed by atoms with van der Waals surface area (Å²) in [6, 6.07) is 0. The van der Waals surface area contributed by atoms with Crippen molar-refractivity contribution < 1.29 is 14.3 Å². The number of alkyl halides is 2. The van der Waals surface area contributed by atoms with E-state index in [4.69, 9.17) is 0 Å². The molecule has 0 aliphatic rings. The van der Waals surface area contributed by atoms with E-state index in [0.29, 0.717) is 10.5 Å². The van der Waals surface area contributed by atoms with Crippen molar-refractivity contribution in [2.24, 2.45) is 0 Å². The van der Waals surface area contributed by atoms with Gasteiger partial charge in [0.2, 0.25) is 0 Å². The highest BCUT2D eigenvalue weighted by atomic mass is 79.9. The summed E-state index contributed by atoms with van der Waals surface area (Å²) in [6.45, 7) is 0. The Morgan fingerprint density at radius 1 is 1.09 bits per heavy atom. The van der Waals surface area contributed by atoms with Gasteiger partial charge in [0.15, 0.2) is 0 Å². The van der Waals surface area contributed by atoms with Crippen LogP contribution in [0.15, 0.2) is 0 Å². The molecule has 0 aromatic rings. The maximum atomic E-state index is 10.6. The van der Waals surface area contributed by atoms with E-state index in [9.17, 15) is 9.59 Å². The maximum Gasteiger partial charge on any atom is 0.273 e. The van der Waals surface area contributed by atoms with E-state index in [0.717, 1.165) is 0 Å². The summed E-state index contributed by atoms with van der Waals surface area (Å²) in [6.07, 6.45) is 0. The molecule has 0 atom stereocenters. The van der Waals surface area contributed by atoms with Gasteiger partial charge in [0.05, 0.1) is 0 Å². The van der Waals surface area contributed by atoms with Gasteiger partial charge in [0.25, 0.3) is 26.3 Å². The summed E-state index contributed by atoms with van der Waals surface area (Å²) in [7, 11) is 2.44. The molecule has 0 saturated heterocycles. The number of hydrogen-bond acceptors (Lipinski definition) is 3. The van der Waals surface area contributed by atoms with Crippen LogP contribution >= 0.6 is 31.9 Å². The van der Waals surface area contributed by atoms with Crippen molar-refractivity contribution in [3.63, 3.8) is 0 Å². The maximum absolute atomic E-state index is 10.6. The Bertz CT molecular complexity index is 136. The minimum absolute atomic E-state index is 0.382. The topological polar surface area (TPSA) is 43.4 Å². The van der Waals surface area contributed by atoms with Crippen molar-refractivity contribution in [2.75, 3.05) is 10.5 Å². The Labute approximate surface area is 83.0 Å². The molecule has 0 saturated carbocycles. The van der Waals surface area contributed by atoms with E-state index < -0.39 is 11.7 Å². The van der Waals surface area contributed by atoms with Crippen LogP contribution in [0, 0.1) is 0 Å². The van der Waals surface area contributed by atoms with Gasteiger partial charge in [-0.15, -0.1) is 31.9 Å². The van der Waals surface area contributed by atoms with E-state index in [2.05, 4.69) is 36.6 Å². The summed E-state index contributed by atoms with van der Waals surface area (Å²) < 4.78 is 4.28. The van der Waals surface area contributed by atoms with Gasteiger partial charge in [-0.1, -0.05) is 0 Å². The fourth-order valence-corrected chi connectivity index (χ4v) is 0.837. The number of halogens is 2. The third-order valence-electron chi connectivity index (χ3n) is 0.689. The minimum Gasteiger partial charge on any atom is -0.412 e. The normalized spacial score (nSPS) is 8.55. The Morgan fingerprint density at radius 3 is 1.73 bits per heavy atom. The molecule has 58 valence electrons. The quantitative estimate of drug-likeness (QED) is 0.444. The summed E-state index contributed by atoms with van der Waals surface area (Å²) >= 11 is 5.98. The summed E-state index contributed by atoms with van der Waals surface area (Å²) in [5.74, 6) is -1.27. The lowest BCUT2D eigenvalue weighted by atomic mass is 9.80. The third-order valence-corrected chi connectivity index (χ3v) is 1.34. The van der Waals surface area contributed by atoms with E-state index in [1.165, 1.54) is 14.6 Å². The van der Waals surface area contributed by atoms with Gasteiger partial charge in [-0.25, -0.2) is 0 Å². The molecule has 0 unspecified atom stereocenters. The zero-order valence-corrected chi connectivity index (χ0v) is 8.72. The first-order valence-corrected chi connectivity index (χ1v) is 4.99. The number of ether oxygens (including phenoxy) is 1. The average molecular weight is 282 g/mol. The Kier molecular flexibility index (Phi) is 7.05. The van der Waals surface area contributed by atoms with Crippen molar-refractivity contribution in [3.05, 3.63) is 0 Å². The van der Waals surface area contributed by atoms with E-state index in [1.807, 2.05) is 0 Å². The van der Waals surface area contributed by atoms with Crippen LogP contribution in [0.3, 0.4) is 0 Å². The lowest BCUT2D eigenvalue weighted by Crippen LogP contribution is -2.21. The molecule has 0 aromatic heterocycles. The van der Waals surface area contributed by atoms with Crippen molar-refractivity contribution >= 4 is 58.2 Å². The van der Waals surface area contributed by atoms with Crippen LogP contribution in [-0.4, -0.2) is 36.8 Å². The number of rotatable bonds is 4. The van der Waals surface area contributed by atoms with Gasteiger partial charge in [0.1, 0.15) is 0 Å². The fraction of sp³-hybridized carbons (Fsp3) is 0.500. The number of carbonyl (C=O) groups excluding carboxylic acids is 2. The van der Waals surface area contributed by atoms with Crippen LogP contribution in [0.2, 0.25) is 0 Å². The molecular formula is C4H4B2Br2O3. The molecule has 0 heterocycles. The van der Waals surface area contributed by atoms with Gasteiger partial charge in [-0.05, 0) is 10.5 Å². The van der Waals surface area contributed by atoms with E-state index in [1.54, 1.807) is 0 Å². The van der Waals surface area contributed by atoms with Crippen molar-refractivity contribution in [1.82, 2.24) is 0 Å². The largest absolute Gasteiger partial charge is 0.412 e. The molecule has 0 aliphatic heterocycles. The molecule has 0 spiro atoms. The zero-order chi connectivity index (χ0) is 8.69. The molecule has 2 radical (unpaired) electrons. The summed E-state index contributed by atoms with van der Waals surface area (Å²) in [5.41, 5.74) is 0. The highest BCUT2D eigenvalue weighted by molar-refractivity contribution is 9.09. The van der Waals surface area contributed by atoms with Crippen LogP contribution in [0.1, 0.15) is 0 Å². The Hall–Kier alpha value is 0.230. The van der Waals surface area contributed by atoms with Gasteiger partial charge in [-0.3, -0.25) is 9.59 Å². The van der Waals surface area contributed by atoms with Crippen LogP contribution in [0.5, 0.6) is 0 Å². The third kappa shape index (κ3) is 6.62.